The molecule has 2 aromatic heterocycles. The Hall–Kier alpha value is -3.59. The maximum Gasteiger partial charge on any atom is 0.225 e. The molecule has 6 aliphatic rings. The first-order valence-corrected chi connectivity index (χ1v) is 14.8. The molecule has 3 N–H and O–H groups in total. The molecule has 1 amide bonds. The van der Waals surface area contributed by atoms with E-state index in [1.54, 1.807) is 17.6 Å². The van der Waals surface area contributed by atoms with Crippen LogP contribution in [0.25, 0.3) is 11.1 Å². The Morgan fingerprint density at radius 2 is 2.07 bits per heavy atom. The van der Waals surface area contributed by atoms with Crippen molar-refractivity contribution in [2.45, 2.75) is 75.4 Å². The summed E-state index contributed by atoms with van der Waals surface area (Å²) in [5.74, 6) is 1.77. The van der Waals surface area contributed by atoms with Crippen LogP contribution in [0.3, 0.4) is 0 Å². The average molecular weight is 560 g/mol. The SMILES string of the molecule is CC(O)CC(=O)N1C2CC1CN(C1=CC=C(c3cc(OCCN4C5CCC4C(O)C5)cn4ncc(C#N)c34)CN1)C2. The number of nitrogens with one attached hydrogen (secondary N) is 1. The fourth-order valence-electron chi connectivity index (χ4n) is 7.65. The lowest BCUT2D eigenvalue weighted by Crippen LogP contribution is -2.70. The van der Waals surface area contributed by atoms with Gasteiger partial charge in [0, 0.05) is 43.8 Å². The van der Waals surface area contributed by atoms with Crippen molar-refractivity contribution in [2.75, 3.05) is 32.8 Å². The highest BCUT2D eigenvalue weighted by Gasteiger charge is 2.48. The summed E-state index contributed by atoms with van der Waals surface area (Å²) in [6.07, 6.45) is 11.0. The number of aromatic nitrogens is 2. The number of nitriles is 1. The van der Waals surface area contributed by atoms with Gasteiger partial charge < -0.3 is 30.1 Å². The molecule has 5 saturated heterocycles. The lowest BCUT2D eigenvalue weighted by atomic mass is 9.86. The largest absolute Gasteiger partial charge is 0.491 e. The predicted octanol–water partition coefficient (Wildman–Crippen LogP) is 1.07. The van der Waals surface area contributed by atoms with Crippen LogP contribution in [-0.4, -0.2) is 110 Å². The molecule has 11 nitrogen and oxygen atoms in total. The van der Waals surface area contributed by atoms with E-state index in [2.05, 4.69) is 38.4 Å². The third kappa shape index (κ3) is 4.64. The predicted molar refractivity (Wildman–Crippen MR) is 151 cm³/mol. The highest BCUT2D eigenvalue weighted by molar-refractivity contribution is 5.84. The quantitative estimate of drug-likeness (QED) is 0.435. The first kappa shape index (κ1) is 26.3. The van der Waals surface area contributed by atoms with Crippen molar-refractivity contribution < 1.29 is 19.7 Å². The fourth-order valence-corrected chi connectivity index (χ4v) is 7.65. The van der Waals surface area contributed by atoms with E-state index in [9.17, 15) is 20.3 Å². The molecule has 0 radical (unpaired) electrons. The van der Waals surface area contributed by atoms with Crippen LogP contribution in [0.15, 0.2) is 36.4 Å². The third-order valence-electron chi connectivity index (χ3n) is 9.51. The maximum absolute atomic E-state index is 12.5. The van der Waals surface area contributed by atoms with Crippen LogP contribution in [0.2, 0.25) is 0 Å². The van der Waals surface area contributed by atoms with Crippen molar-refractivity contribution in [2.24, 2.45) is 0 Å². The van der Waals surface area contributed by atoms with E-state index in [4.69, 9.17) is 4.74 Å². The first-order valence-electron chi connectivity index (χ1n) is 14.8. The van der Waals surface area contributed by atoms with E-state index < -0.39 is 6.10 Å². The van der Waals surface area contributed by atoms with Crippen molar-refractivity contribution in [3.05, 3.63) is 47.6 Å². The molecule has 6 unspecified atom stereocenters. The monoisotopic (exact) mass is 559 g/mol. The molecule has 41 heavy (non-hydrogen) atoms. The normalized spacial score (nSPS) is 29.5. The number of hydrogen-bond donors (Lipinski definition) is 3. The second kappa shape index (κ2) is 10.4. The second-order valence-corrected chi connectivity index (χ2v) is 12.1. The molecule has 8 rings (SSSR count). The summed E-state index contributed by atoms with van der Waals surface area (Å²) in [4.78, 5) is 19.2. The lowest BCUT2D eigenvalue weighted by Gasteiger charge is -2.57. The van der Waals surface area contributed by atoms with E-state index in [0.717, 1.165) is 67.8 Å². The van der Waals surface area contributed by atoms with Gasteiger partial charge in [-0.15, -0.1) is 0 Å². The maximum atomic E-state index is 12.5. The minimum absolute atomic E-state index is 0.0410. The Bertz CT molecular complexity index is 1450. The molecular formula is C30H37N7O4. The summed E-state index contributed by atoms with van der Waals surface area (Å²) in [7, 11) is 0. The summed E-state index contributed by atoms with van der Waals surface area (Å²) in [6.45, 7) is 5.09. The van der Waals surface area contributed by atoms with E-state index >= 15 is 0 Å². The Morgan fingerprint density at radius 1 is 1.24 bits per heavy atom. The number of amides is 1. The molecular weight excluding hydrogens is 522 g/mol. The molecule has 0 spiro atoms. The molecule has 5 fully saturated rings. The number of ether oxygens (including phenoxy) is 1. The number of allylic oxidation sites excluding steroid dienone is 2. The smallest absolute Gasteiger partial charge is 0.225 e. The molecule has 6 atom stereocenters. The summed E-state index contributed by atoms with van der Waals surface area (Å²) < 4.78 is 7.94. The van der Waals surface area contributed by atoms with Crippen LogP contribution in [0.1, 0.15) is 50.2 Å². The molecule has 216 valence electrons. The second-order valence-electron chi connectivity index (χ2n) is 12.1. The van der Waals surface area contributed by atoms with Crippen LogP contribution in [0.4, 0.5) is 0 Å². The Kier molecular flexibility index (Phi) is 6.64. The van der Waals surface area contributed by atoms with Gasteiger partial charge in [-0.05, 0) is 50.3 Å². The molecule has 0 aromatic carbocycles. The van der Waals surface area contributed by atoms with Crippen molar-refractivity contribution in [3.63, 3.8) is 0 Å². The number of carbonyl (C=O) groups excluding carboxylic acids is 1. The summed E-state index contributed by atoms with van der Waals surface area (Å²) in [5.41, 5.74) is 3.23. The van der Waals surface area contributed by atoms with Gasteiger partial charge in [-0.25, -0.2) is 4.52 Å². The zero-order valence-electron chi connectivity index (χ0n) is 23.3. The number of hydrogen-bond acceptors (Lipinski definition) is 9. The molecule has 0 saturated carbocycles. The highest BCUT2D eigenvalue weighted by atomic mass is 16.5. The Balaban J connectivity index is 1.07. The van der Waals surface area contributed by atoms with Gasteiger partial charge in [-0.3, -0.25) is 9.69 Å². The molecule has 11 heteroatoms. The number of pyridine rings is 1. The van der Waals surface area contributed by atoms with E-state index in [-0.39, 0.29) is 36.6 Å². The van der Waals surface area contributed by atoms with E-state index in [1.807, 2.05) is 17.2 Å². The number of rotatable bonds is 8. The number of fused-ring (bicyclic) bond motifs is 5. The average Bonchev–Trinajstić information content (AvgIpc) is 3.64. The van der Waals surface area contributed by atoms with Gasteiger partial charge in [-0.1, -0.05) is 6.08 Å². The number of aliphatic hydroxyl groups is 2. The first-order chi connectivity index (χ1) is 19.9. The van der Waals surface area contributed by atoms with Gasteiger partial charge in [0.05, 0.1) is 54.2 Å². The minimum atomic E-state index is -0.617. The summed E-state index contributed by atoms with van der Waals surface area (Å²) in [6, 6.07) is 5.35. The lowest BCUT2D eigenvalue weighted by molar-refractivity contribution is -0.154. The minimum Gasteiger partial charge on any atom is -0.491 e. The van der Waals surface area contributed by atoms with Gasteiger partial charge in [-0.2, -0.15) is 10.4 Å². The number of dihydropyridines is 1. The number of piperazine rings is 1. The molecule has 0 aliphatic carbocycles. The Morgan fingerprint density at radius 3 is 2.73 bits per heavy atom. The number of carbonyl (C=O) groups is 1. The number of nitrogens with zero attached hydrogens (tertiary/aromatic N) is 6. The van der Waals surface area contributed by atoms with Crippen LogP contribution in [0, 0.1) is 11.3 Å². The van der Waals surface area contributed by atoms with Crippen molar-refractivity contribution in [1.29, 1.82) is 5.26 Å². The third-order valence-corrected chi connectivity index (χ3v) is 9.51. The highest BCUT2D eigenvalue weighted by Crippen LogP contribution is 2.38. The van der Waals surface area contributed by atoms with Crippen LogP contribution >= 0.6 is 0 Å². The molecule has 8 heterocycles. The molecule has 4 bridgehead atoms. The Labute approximate surface area is 239 Å². The summed E-state index contributed by atoms with van der Waals surface area (Å²) in [5, 5.41) is 37.6. The number of piperidine rings is 1. The van der Waals surface area contributed by atoms with Gasteiger partial charge in [0.1, 0.15) is 24.2 Å². The number of aliphatic hydroxyl groups excluding tert-OH is 2. The van der Waals surface area contributed by atoms with Gasteiger partial charge >= 0.3 is 0 Å². The van der Waals surface area contributed by atoms with Crippen molar-refractivity contribution in [3.8, 4) is 11.8 Å². The van der Waals surface area contributed by atoms with E-state index in [0.29, 0.717) is 30.5 Å². The summed E-state index contributed by atoms with van der Waals surface area (Å²) >= 11 is 0. The van der Waals surface area contributed by atoms with Crippen LogP contribution in [-0.2, 0) is 4.79 Å². The standard InChI is InChI=1S/C30H37N7O4/c1-18(38)8-29(40)37-22-9-23(37)16-34(15-22)28-5-2-19(13-32-28)25-11-24(17-36-30(25)20(12-31)14-33-36)41-7-6-35-21-3-4-26(35)27(39)10-21/h2,5,11,14,17-18,21-23,26-27,32,38-39H,3-4,6-10,13,15-16H2,1H3. The van der Waals surface area contributed by atoms with Crippen LogP contribution < -0.4 is 10.1 Å². The molecule has 6 aliphatic heterocycles. The van der Waals surface area contributed by atoms with Crippen molar-refractivity contribution >= 4 is 17.0 Å². The van der Waals surface area contributed by atoms with Crippen molar-refractivity contribution in [1.82, 2.24) is 29.6 Å². The van der Waals surface area contributed by atoms with Gasteiger partial charge in [0.2, 0.25) is 5.91 Å². The van der Waals surface area contributed by atoms with Gasteiger partial charge in [0.25, 0.3) is 0 Å². The zero-order valence-corrected chi connectivity index (χ0v) is 23.3. The van der Waals surface area contributed by atoms with Crippen LogP contribution in [0.5, 0.6) is 5.75 Å². The topological polar surface area (TPSA) is 130 Å². The molecule has 2 aromatic rings. The fraction of sp³-hybridized carbons (Fsp3) is 0.567. The van der Waals surface area contributed by atoms with Gasteiger partial charge in [0.15, 0.2) is 0 Å². The van der Waals surface area contributed by atoms with E-state index in [1.165, 1.54) is 0 Å². The zero-order chi connectivity index (χ0) is 28.2.